The van der Waals surface area contributed by atoms with E-state index in [0.29, 0.717) is 5.57 Å². The number of carbonyl (C=O) groups excluding carboxylic acids is 1. The van der Waals surface area contributed by atoms with Gasteiger partial charge in [-0.1, -0.05) is 25.3 Å². The molecule has 0 aromatic heterocycles. The molecule has 11 heavy (non-hydrogen) atoms. The lowest BCUT2D eigenvalue weighted by Gasteiger charge is -1.93. The Labute approximate surface area is 65.1 Å². The summed E-state index contributed by atoms with van der Waals surface area (Å²) >= 11 is 0. The van der Waals surface area contributed by atoms with E-state index in [2.05, 4.69) is 18.3 Å². The summed E-state index contributed by atoms with van der Waals surface area (Å²) in [5, 5.41) is 2.42. The van der Waals surface area contributed by atoms with Gasteiger partial charge in [0.25, 0.3) is 0 Å². The summed E-state index contributed by atoms with van der Waals surface area (Å²) in [6.45, 7) is 8.14. The molecule has 0 spiro atoms. The number of ketones is 1. The summed E-state index contributed by atoms with van der Waals surface area (Å²) in [5.74, 6) is -0.445. The van der Waals surface area contributed by atoms with Crippen LogP contribution in [-0.2, 0) is 4.79 Å². The maximum absolute atomic E-state index is 11.0. The molecule has 0 fully saturated rings. The van der Waals surface area contributed by atoms with Gasteiger partial charge in [-0.3, -0.25) is 4.79 Å². The van der Waals surface area contributed by atoms with E-state index >= 15 is 0 Å². The molecule has 0 radical (unpaired) electrons. The van der Waals surface area contributed by atoms with Crippen LogP contribution < -0.4 is 0 Å². The predicted octanol–water partition coefficient (Wildman–Crippen LogP) is 1.97. The minimum atomic E-state index is -0.445. The van der Waals surface area contributed by atoms with E-state index in [0.717, 1.165) is 0 Å². The minimum absolute atomic E-state index is 0.277. The van der Waals surface area contributed by atoms with Gasteiger partial charge in [0.1, 0.15) is 5.70 Å². The van der Waals surface area contributed by atoms with Crippen molar-refractivity contribution in [2.45, 2.75) is 6.92 Å². The SMILES string of the molecule is C=CC=C(C)C(=O)C(=C)N=O. The number of nitrogens with zero attached hydrogens (tertiary/aromatic N) is 1. The highest BCUT2D eigenvalue weighted by Crippen LogP contribution is 2.03. The Hall–Kier alpha value is -1.51. The lowest BCUT2D eigenvalue weighted by atomic mass is 10.1. The molecule has 58 valence electrons. The zero-order valence-corrected chi connectivity index (χ0v) is 6.33. The number of carbonyl (C=O) groups is 1. The van der Waals surface area contributed by atoms with Gasteiger partial charge in [0.2, 0.25) is 5.78 Å². The minimum Gasteiger partial charge on any atom is -0.287 e. The first kappa shape index (κ1) is 9.49. The van der Waals surface area contributed by atoms with Crippen LogP contribution in [0.15, 0.2) is 41.8 Å². The Morgan fingerprint density at radius 3 is 2.45 bits per heavy atom. The largest absolute Gasteiger partial charge is 0.287 e. The molecule has 0 saturated heterocycles. The molecule has 3 heteroatoms. The topological polar surface area (TPSA) is 46.5 Å². The van der Waals surface area contributed by atoms with Crippen molar-refractivity contribution < 1.29 is 4.79 Å². The number of hydrogen-bond donors (Lipinski definition) is 0. The van der Waals surface area contributed by atoms with Gasteiger partial charge in [0, 0.05) is 0 Å². The van der Waals surface area contributed by atoms with Gasteiger partial charge < -0.3 is 0 Å². The van der Waals surface area contributed by atoms with Gasteiger partial charge in [-0.25, -0.2) is 0 Å². The standard InChI is InChI=1S/C8H9NO2/c1-4-5-6(2)8(10)7(3)9-11/h4-5H,1,3H2,2H3. The molecule has 0 rings (SSSR count). The van der Waals surface area contributed by atoms with E-state index in [1.807, 2.05) is 0 Å². The van der Waals surface area contributed by atoms with Gasteiger partial charge in [0.15, 0.2) is 0 Å². The zero-order valence-electron chi connectivity index (χ0n) is 6.33. The Balaban J connectivity index is 4.49. The van der Waals surface area contributed by atoms with E-state index in [1.54, 1.807) is 6.92 Å². The Bertz CT molecular complexity index is 238. The van der Waals surface area contributed by atoms with Crippen LogP contribution in [0.25, 0.3) is 0 Å². The van der Waals surface area contributed by atoms with E-state index in [4.69, 9.17) is 0 Å². The van der Waals surface area contributed by atoms with Crippen LogP contribution in [0, 0.1) is 4.91 Å². The third-order valence-corrected chi connectivity index (χ3v) is 1.10. The predicted molar refractivity (Wildman–Crippen MR) is 43.9 cm³/mol. The number of rotatable bonds is 4. The summed E-state index contributed by atoms with van der Waals surface area (Å²) < 4.78 is 0. The molecule has 0 bridgehead atoms. The zero-order chi connectivity index (χ0) is 8.85. The second kappa shape index (κ2) is 4.33. The van der Waals surface area contributed by atoms with Gasteiger partial charge in [-0.15, -0.1) is 4.91 Å². The van der Waals surface area contributed by atoms with Crippen LogP contribution in [0.5, 0.6) is 0 Å². The number of Topliss-reactive ketones (excluding diaryl/α,β-unsaturated/α-hetero) is 1. The Morgan fingerprint density at radius 2 is 2.09 bits per heavy atom. The van der Waals surface area contributed by atoms with Crippen LogP contribution in [0.3, 0.4) is 0 Å². The number of nitroso groups, excluding NO2 is 1. The average molecular weight is 151 g/mol. The van der Waals surface area contributed by atoms with Crippen LogP contribution >= 0.6 is 0 Å². The molecule has 0 aliphatic rings. The molecule has 0 heterocycles. The maximum atomic E-state index is 11.0. The van der Waals surface area contributed by atoms with Crippen molar-refractivity contribution in [1.29, 1.82) is 0 Å². The summed E-state index contributed by atoms with van der Waals surface area (Å²) in [6, 6.07) is 0. The van der Waals surface area contributed by atoms with Gasteiger partial charge >= 0.3 is 0 Å². The van der Waals surface area contributed by atoms with Gasteiger partial charge in [0.05, 0.1) is 0 Å². The molecular weight excluding hydrogens is 142 g/mol. The van der Waals surface area contributed by atoms with Crippen molar-refractivity contribution in [2.75, 3.05) is 0 Å². The Kier molecular flexibility index (Phi) is 3.73. The molecular formula is C8H9NO2. The van der Waals surface area contributed by atoms with Crippen molar-refractivity contribution in [3.05, 3.63) is 41.5 Å². The molecule has 0 aromatic carbocycles. The molecule has 0 unspecified atom stereocenters. The molecule has 3 nitrogen and oxygen atoms in total. The summed E-state index contributed by atoms with van der Waals surface area (Å²) in [7, 11) is 0. The van der Waals surface area contributed by atoms with E-state index in [9.17, 15) is 9.70 Å². The summed E-state index contributed by atoms with van der Waals surface area (Å²) in [4.78, 5) is 20.8. The number of allylic oxidation sites excluding steroid dienone is 3. The fourth-order valence-corrected chi connectivity index (χ4v) is 0.522. The van der Waals surface area contributed by atoms with Crippen LogP contribution in [0.1, 0.15) is 6.92 Å². The lowest BCUT2D eigenvalue weighted by Crippen LogP contribution is -1.99. The van der Waals surface area contributed by atoms with Crippen molar-refractivity contribution in [1.82, 2.24) is 0 Å². The van der Waals surface area contributed by atoms with Crippen molar-refractivity contribution >= 4 is 5.78 Å². The highest BCUT2D eigenvalue weighted by atomic mass is 16.3. The third kappa shape index (κ3) is 2.71. The molecule has 0 N–H and O–H groups in total. The van der Waals surface area contributed by atoms with Crippen molar-refractivity contribution in [3.63, 3.8) is 0 Å². The number of hydrogen-bond acceptors (Lipinski definition) is 3. The Morgan fingerprint density at radius 1 is 1.55 bits per heavy atom. The highest BCUT2D eigenvalue weighted by molar-refractivity contribution is 6.07. The monoisotopic (exact) mass is 151 g/mol. The third-order valence-electron chi connectivity index (χ3n) is 1.10. The second-order valence-electron chi connectivity index (χ2n) is 1.95. The van der Waals surface area contributed by atoms with Crippen LogP contribution in [0.4, 0.5) is 0 Å². The first-order chi connectivity index (χ1) is 5.13. The molecule has 0 aliphatic carbocycles. The average Bonchev–Trinajstić information content (AvgIpc) is 2.02. The summed E-state index contributed by atoms with van der Waals surface area (Å²) in [6.07, 6.45) is 2.96. The molecule has 0 saturated carbocycles. The van der Waals surface area contributed by atoms with Crippen LogP contribution in [0.2, 0.25) is 0 Å². The highest BCUT2D eigenvalue weighted by Gasteiger charge is 2.07. The fraction of sp³-hybridized carbons (Fsp3) is 0.125. The smallest absolute Gasteiger partial charge is 0.210 e. The van der Waals surface area contributed by atoms with Crippen molar-refractivity contribution in [2.24, 2.45) is 5.18 Å². The van der Waals surface area contributed by atoms with E-state index in [1.165, 1.54) is 12.2 Å². The second-order valence-corrected chi connectivity index (χ2v) is 1.95. The normalized spacial score (nSPS) is 10.5. The van der Waals surface area contributed by atoms with Gasteiger partial charge in [-0.05, 0) is 17.7 Å². The molecule has 0 aliphatic heterocycles. The van der Waals surface area contributed by atoms with Crippen LogP contribution in [-0.4, -0.2) is 5.78 Å². The molecule has 0 aromatic rings. The van der Waals surface area contributed by atoms with Gasteiger partial charge in [-0.2, -0.15) is 0 Å². The quantitative estimate of drug-likeness (QED) is 0.350. The lowest BCUT2D eigenvalue weighted by molar-refractivity contribution is -0.112. The first-order valence-corrected chi connectivity index (χ1v) is 2.99. The molecule has 0 atom stereocenters. The maximum Gasteiger partial charge on any atom is 0.210 e. The fourth-order valence-electron chi connectivity index (χ4n) is 0.522. The summed E-state index contributed by atoms with van der Waals surface area (Å²) in [5.41, 5.74) is 0.130. The first-order valence-electron chi connectivity index (χ1n) is 2.99. The molecule has 0 amide bonds. The van der Waals surface area contributed by atoms with E-state index in [-0.39, 0.29) is 5.70 Å². The van der Waals surface area contributed by atoms with Crippen molar-refractivity contribution in [3.8, 4) is 0 Å². The van der Waals surface area contributed by atoms with E-state index < -0.39 is 5.78 Å².